The SMILES string of the molecule is COc1ccc2nc(N3C(=O)C(=O)/C(=C(/O)c4ccc5c(c4)C[C@@H](C)O5)[C@@H]3c3cccc(Oc4ccccc4)c3)sc2c1. The molecule has 0 unspecified atom stereocenters. The van der Waals surface area contributed by atoms with Gasteiger partial charge >= 0.3 is 5.91 Å². The van der Waals surface area contributed by atoms with Crippen LogP contribution in [-0.2, 0) is 16.0 Å². The molecule has 0 bridgehead atoms. The van der Waals surface area contributed by atoms with Crippen molar-refractivity contribution in [2.45, 2.75) is 25.5 Å². The number of aliphatic hydroxyl groups excluding tert-OH is 1. The molecule has 2 aliphatic rings. The van der Waals surface area contributed by atoms with Crippen LogP contribution in [0.3, 0.4) is 0 Å². The number of Topliss-reactive ketones (excluding diaryl/α,β-unsaturated/α-hetero) is 1. The Morgan fingerprint density at radius 1 is 0.953 bits per heavy atom. The van der Waals surface area contributed by atoms with Crippen LogP contribution in [0.5, 0.6) is 23.0 Å². The van der Waals surface area contributed by atoms with E-state index in [0.717, 1.165) is 16.0 Å². The van der Waals surface area contributed by atoms with Gasteiger partial charge in [-0.15, -0.1) is 0 Å². The molecule has 4 aromatic carbocycles. The number of aromatic nitrogens is 1. The van der Waals surface area contributed by atoms with Crippen LogP contribution in [0.1, 0.15) is 29.7 Å². The molecule has 214 valence electrons. The number of carbonyl (C=O) groups excluding carboxylic acids is 2. The van der Waals surface area contributed by atoms with Gasteiger partial charge in [0, 0.05) is 12.0 Å². The Labute approximate surface area is 251 Å². The number of fused-ring (bicyclic) bond motifs is 2. The van der Waals surface area contributed by atoms with Gasteiger partial charge in [-0.3, -0.25) is 14.5 Å². The summed E-state index contributed by atoms with van der Waals surface area (Å²) in [5, 5.41) is 12.0. The van der Waals surface area contributed by atoms with Gasteiger partial charge in [0.15, 0.2) is 5.13 Å². The van der Waals surface area contributed by atoms with Gasteiger partial charge in [0.2, 0.25) is 0 Å². The molecule has 7 rings (SSSR count). The van der Waals surface area contributed by atoms with Crippen molar-refractivity contribution in [2.75, 3.05) is 12.0 Å². The highest BCUT2D eigenvalue weighted by atomic mass is 32.1. The third-order valence-corrected chi connectivity index (χ3v) is 8.57. The zero-order valence-corrected chi connectivity index (χ0v) is 24.1. The molecule has 0 spiro atoms. The van der Waals surface area contributed by atoms with Crippen LogP contribution in [0.4, 0.5) is 5.13 Å². The van der Waals surface area contributed by atoms with Crippen molar-refractivity contribution in [1.29, 1.82) is 0 Å². The molecule has 1 amide bonds. The molecular formula is C34H26N2O6S. The average Bonchev–Trinajstić information content (AvgIpc) is 3.69. The van der Waals surface area contributed by atoms with E-state index in [1.807, 2.05) is 61.5 Å². The lowest BCUT2D eigenvalue weighted by Crippen LogP contribution is -2.29. The number of rotatable bonds is 6. The summed E-state index contributed by atoms with van der Waals surface area (Å²) in [5.41, 5.74) is 2.59. The molecule has 0 saturated carbocycles. The van der Waals surface area contributed by atoms with Gasteiger partial charge in [0.05, 0.1) is 28.9 Å². The molecule has 1 fully saturated rings. The maximum absolute atomic E-state index is 13.8. The largest absolute Gasteiger partial charge is 0.507 e. The van der Waals surface area contributed by atoms with E-state index in [1.54, 1.807) is 43.5 Å². The molecule has 0 radical (unpaired) electrons. The number of hydrogen-bond donors (Lipinski definition) is 1. The number of thiazole rings is 1. The fraction of sp³-hybridized carbons (Fsp3) is 0.147. The van der Waals surface area contributed by atoms with Crippen LogP contribution in [-0.4, -0.2) is 35.0 Å². The van der Waals surface area contributed by atoms with Crippen molar-refractivity contribution in [3.63, 3.8) is 0 Å². The van der Waals surface area contributed by atoms with Gasteiger partial charge in [-0.2, -0.15) is 0 Å². The Bertz CT molecular complexity index is 1930. The number of nitrogens with zero attached hydrogens (tertiary/aromatic N) is 2. The number of ketones is 1. The lowest BCUT2D eigenvalue weighted by atomic mass is 9.94. The average molecular weight is 591 g/mol. The van der Waals surface area contributed by atoms with Gasteiger partial charge in [-0.1, -0.05) is 41.7 Å². The summed E-state index contributed by atoms with van der Waals surface area (Å²) in [6.07, 6.45) is 0.699. The summed E-state index contributed by atoms with van der Waals surface area (Å²) < 4.78 is 18.1. The quantitative estimate of drug-likeness (QED) is 0.129. The molecule has 0 aliphatic carbocycles. The second kappa shape index (κ2) is 10.6. The van der Waals surface area contributed by atoms with E-state index in [9.17, 15) is 14.7 Å². The number of aliphatic hydroxyl groups is 1. The Hall–Kier alpha value is -5.15. The standard InChI is InChI=1S/C34H26N2O6S/c1-19-15-22-16-21(11-14-27(22)41-19)31(37)29-30(20-7-6-10-25(17-20)42-23-8-4-3-5-9-23)36(33(39)32(29)38)34-35-26-13-12-24(40-2)18-28(26)43-34/h3-14,16-19,30,37H,15H2,1-2H3/b31-29+/t19-,30+/m1/s1. The molecule has 1 saturated heterocycles. The van der Waals surface area contributed by atoms with Crippen LogP contribution in [0.25, 0.3) is 16.0 Å². The van der Waals surface area contributed by atoms with Gasteiger partial charge in [-0.25, -0.2) is 4.98 Å². The molecule has 5 aromatic rings. The maximum Gasteiger partial charge on any atom is 0.301 e. The van der Waals surface area contributed by atoms with E-state index in [2.05, 4.69) is 0 Å². The number of amides is 1. The minimum absolute atomic E-state index is 0.0167. The fourth-order valence-electron chi connectivity index (χ4n) is 5.57. The first-order valence-corrected chi connectivity index (χ1v) is 14.6. The highest BCUT2D eigenvalue weighted by Gasteiger charge is 2.48. The molecule has 8 nitrogen and oxygen atoms in total. The molecule has 1 aromatic heterocycles. The summed E-state index contributed by atoms with van der Waals surface area (Å²) in [4.78, 5) is 33.6. The van der Waals surface area contributed by atoms with Crippen LogP contribution in [0.15, 0.2) is 96.6 Å². The number of anilines is 1. The lowest BCUT2D eigenvalue weighted by Gasteiger charge is -2.23. The van der Waals surface area contributed by atoms with Gasteiger partial charge < -0.3 is 19.3 Å². The fourth-order valence-corrected chi connectivity index (χ4v) is 6.59. The van der Waals surface area contributed by atoms with Crippen molar-refractivity contribution in [2.24, 2.45) is 0 Å². The highest BCUT2D eigenvalue weighted by Crippen LogP contribution is 2.46. The van der Waals surface area contributed by atoms with Crippen molar-refractivity contribution >= 4 is 44.1 Å². The lowest BCUT2D eigenvalue weighted by molar-refractivity contribution is -0.132. The van der Waals surface area contributed by atoms with Gasteiger partial charge in [0.1, 0.15) is 34.9 Å². The summed E-state index contributed by atoms with van der Waals surface area (Å²) in [6, 6.07) is 26.3. The molecular weight excluding hydrogens is 564 g/mol. The number of benzene rings is 4. The van der Waals surface area contributed by atoms with Gasteiger partial charge in [0.25, 0.3) is 5.78 Å². The first kappa shape index (κ1) is 26.7. The Balaban J connectivity index is 1.38. The molecule has 1 N–H and O–H groups in total. The number of methoxy groups -OCH3 is 1. The molecule has 2 aliphatic heterocycles. The predicted molar refractivity (Wildman–Crippen MR) is 164 cm³/mol. The van der Waals surface area contributed by atoms with E-state index in [-0.39, 0.29) is 17.4 Å². The smallest absolute Gasteiger partial charge is 0.301 e. The van der Waals surface area contributed by atoms with Crippen LogP contribution in [0, 0.1) is 0 Å². The number of hydrogen-bond acceptors (Lipinski definition) is 8. The zero-order valence-electron chi connectivity index (χ0n) is 23.3. The zero-order chi connectivity index (χ0) is 29.7. The van der Waals surface area contributed by atoms with E-state index < -0.39 is 17.7 Å². The number of ether oxygens (including phenoxy) is 3. The normalized spacial score (nSPS) is 19.0. The van der Waals surface area contributed by atoms with E-state index >= 15 is 0 Å². The Morgan fingerprint density at radius 3 is 2.58 bits per heavy atom. The summed E-state index contributed by atoms with van der Waals surface area (Å²) in [6.45, 7) is 1.98. The van der Waals surface area contributed by atoms with E-state index in [4.69, 9.17) is 19.2 Å². The van der Waals surface area contributed by atoms with Crippen molar-refractivity contribution in [3.05, 3.63) is 113 Å². The second-order valence-electron chi connectivity index (χ2n) is 10.4. The highest BCUT2D eigenvalue weighted by molar-refractivity contribution is 7.22. The summed E-state index contributed by atoms with van der Waals surface area (Å²) in [7, 11) is 1.58. The maximum atomic E-state index is 13.8. The van der Waals surface area contributed by atoms with E-state index in [0.29, 0.717) is 45.4 Å². The third kappa shape index (κ3) is 4.77. The summed E-state index contributed by atoms with van der Waals surface area (Å²) in [5.74, 6) is 0.739. The minimum Gasteiger partial charge on any atom is -0.507 e. The Morgan fingerprint density at radius 2 is 1.77 bits per heavy atom. The number of para-hydroxylation sites is 1. The molecule has 3 heterocycles. The van der Waals surface area contributed by atoms with Crippen molar-refractivity contribution < 1.29 is 28.9 Å². The Kier molecular flexibility index (Phi) is 6.59. The van der Waals surface area contributed by atoms with Crippen molar-refractivity contribution in [3.8, 4) is 23.0 Å². The summed E-state index contributed by atoms with van der Waals surface area (Å²) >= 11 is 1.27. The monoisotopic (exact) mass is 590 g/mol. The van der Waals surface area contributed by atoms with Gasteiger partial charge in [-0.05, 0) is 78.7 Å². The predicted octanol–water partition coefficient (Wildman–Crippen LogP) is 7.05. The first-order chi connectivity index (χ1) is 20.9. The minimum atomic E-state index is -0.954. The first-order valence-electron chi connectivity index (χ1n) is 13.8. The van der Waals surface area contributed by atoms with Crippen LogP contribution < -0.4 is 19.1 Å². The molecule has 9 heteroatoms. The number of carbonyl (C=O) groups is 2. The van der Waals surface area contributed by atoms with Crippen LogP contribution >= 0.6 is 11.3 Å². The topological polar surface area (TPSA) is 98.2 Å². The molecule has 43 heavy (non-hydrogen) atoms. The van der Waals surface area contributed by atoms with Crippen LogP contribution in [0.2, 0.25) is 0 Å². The van der Waals surface area contributed by atoms with E-state index in [1.165, 1.54) is 16.2 Å². The molecule has 2 atom stereocenters. The van der Waals surface area contributed by atoms with Crippen molar-refractivity contribution in [1.82, 2.24) is 4.98 Å². The third-order valence-electron chi connectivity index (χ3n) is 7.56. The second-order valence-corrected chi connectivity index (χ2v) is 11.5.